The summed E-state index contributed by atoms with van der Waals surface area (Å²) in [7, 11) is -3.53. The van der Waals surface area contributed by atoms with E-state index in [1.165, 1.54) is 18.3 Å². The Balaban J connectivity index is 2.02. The van der Waals surface area contributed by atoms with Gasteiger partial charge < -0.3 is 5.11 Å². The monoisotopic (exact) mass is 278 g/mol. The highest BCUT2D eigenvalue weighted by molar-refractivity contribution is 7.92. The molecule has 19 heavy (non-hydrogen) atoms. The Morgan fingerprint density at radius 3 is 2.53 bits per heavy atom. The number of aromatic hydroxyl groups is 1. The number of nitrogens with one attached hydrogen (secondary N) is 1. The Morgan fingerprint density at radius 1 is 1.11 bits per heavy atom. The minimum Gasteiger partial charge on any atom is -0.504 e. The molecule has 2 aromatic rings. The summed E-state index contributed by atoms with van der Waals surface area (Å²) >= 11 is 0. The maximum absolute atomic E-state index is 11.9. The molecule has 1 aromatic carbocycles. The van der Waals surface area contributed by atoms with Gasteiger partial charge in [0.2, 0.25) is 10.0 Å². The second-order valence-electron chi connectivity index (χ2n) is 4.03. The lowest BCUT2D eigenvalue weighted by Crippen LogP contribution is -2.18. The number of hydrogen-bond donors (Lipinski definition) is 2. The van der Waals surface area contributed by atoms with E-state index >= 15 is 0 Å². The molecule has 0 unspecified atom stereocenters. The van der Waals surface area contributed by atoms with E-state index in [0.29, 0.717) is 6.42 Å². The second kappa shape index (κ2) is 5.71. The number of aromatic nitrogens is 1. The first-order valence-electron chi connectivity index (χ1n) is 5.75. The van der Waals surface area contributed by atoms with Crippen molar-refractivity contribution in [3.8, 4) is 5.75 Å². The average Bonchev–Trinajstić information content (AvgIpc) is 2.40. The molecule has 1 aromatic heterocycles. The number of rotatable bonds is 5. The molecule has 2 N–H and O–H groups in total. The van der Waals surface area contributed by atoms with Crippen LogP contribution >= 0.6 is 0 Å². The summed E-state index contributed by atoms with van der Waals surface area (Å²) in [6.45, 7) is 0. The van der Waals surface area contributed by atoms with Crippen LogP contribution in [0.25, 0.3) is 0 Å². The molecular formula is C13H14N2O3S. The van der Waals surface area contributed by atoms with E-state index < -0.39 is 10.0 Å². The third-order valence-electron chi connectivity index (χ3n) is 2.54. The summed E-state index contributed by atoms with van der Waals surface area (Å²) in [6.07, 6.45) is 1.82. The van der Waals surface area contributed by atoms with E-state index in [9.17, 15) is 13.5 Å². The van der Waals surface area contributed by atoms with Crippen molar-refractivity contribution in [1.29, 1.82) is 0 Å². The lowest BCUT2D eigenvalue weighted by atomic mass is 10.2. The first-order valence-corrected chi connectivity index (χ1v) is 7.40. The van der Waals surface area contributed by atoms with Crippen LogP contribution in [0.4, 0.5) is 5.82 Å². The lowest BCUT2D eigenvalue weighted by Gasteiger charge is -2.08. The van der Waals surface area contributed by atoms with Gasteiger partial charge in [0.25, 0.3) is 0 Å². The minimum atomic E-state index is -3.53. The highest BCUT2D eigenvalue weighted by atomic mass is 32.2. The van der Waals surface area contributed by atoms with Gasteiger partial charge in [-0.2, -0.15) is 0 Å². The molecule has 0 bridgehead atoms. The molecule has 6 heteroatoms. The fourth-order valence-electron chi connectivity index (χ4n) is 1.57. The summed E-state index contributed by atoms with van der Waals surface area (Å²) < 4.78 is 26.0. The van der Waals surface area contributed by atoms with Crippen LogP contribution in [0.2, 0.25) is 0 Å². The first kappa shape index (κ1) is 13.4. The molecule has 0 amide bonds. The van der Waals surface area contributed by atoms with Gasteiger partial charge >= 0.3 is 0 Å². The maximum atomic E-state index is 11.9. The van der Waals surface area contributed by atoms with Crippen molar-refractivity contribution in [3.63, 3.8) is 0 Å². The molecule has 0 fully saturated rings. The van der Waals surface area contributed by atoms with Crippen molar-refractivity contribution < 1.29 is 13.5 Å². The Kier molecular flexibility index (Phi) is 4.01. The number of benzene rings is 1. The van der Waals surface area contributed by atoms with E-state index in [1.807, 2.05) is 30.3 Å². The van der Waals surface area contributed by atoms with Gasteiger partial charge in [0.1, 0.15) is 0 Å². The third-order valence-corrected chi connectivity index (χ3v) is 3.79. The van der Waals surface area contributed by atoms with Gasteiger partial charge in [0.15, 0.2) is 11.6 Å². The van der Waals surface area contributed by atoms with Crippen LogP contribution in [0.5, 0.6) is 5.75 Å². The van der Waals surface area contributed by atoms with Crippen molar-refractivity contribution in [3.05, 3.63) is 54.2 Å². The Labute approximate surface area is 112 Å². The van der Waals surface area contributed by atoms with Crippen LogP contribution in [0.1, 0.15) is 5.56 Å². The Morgan fingerprint density at radius 2 is 1.84 bits per heavy atom. The third kappa shape index (κ3) is 3.96. The number of sulfonamides is 1. The average molecular weight is 278 g/mol. The van der Waals surface area contributed by atoms with Gasteiger partial charge in [-0.25, -0.2) is 13.4 Å². The molecular weight excluding hydrogens is 264 g/mol. The summed E-state index contributed by atoms with van der Waals surface area (Å²) in [4.78, 5) is 3.78. The van der Waals surface area contributed by atoms with Crippen molar-refractivity contribution in [1.82, 2.24) is 4.98 Å². The van der Waals surface area contributed by atoms with Gasteiger partial charge in [-0.15, -0.1) is 0 Å². The number of nitrogens with zero attached hydrogens (tertiary/aromatic N) is 1. The molecule has 0 aliphatic heterocycles. The summed E-state index contributed by atoms with van der Waals surface area (Å²) in [5.74, 6) is -0.297. The zero-order chi connectivity index (χ0) is 13.7. The van der Waals surface area contributed by atoms with Crippen LogP contribution < -0.4 is 4.72 Å². The van der Waals surface area contributed by atoms with Crippen LogP contribution in [0.3, 0.4) is 0 Å². The van der Waals surface area contributed by atoms with Crippen molar-refractivity contribution in [2.75, 3.05) is 10.5 Å². The molecule has 0 saturated carbocycles. The predicted octanol–water partition coefficient (Wildman–Crippen LogP) is 1.77. The molecule has 0 aliphatic rings. The molecule has 0 radical (unpaired) electrons. The van der Waals surface area contributed by atoms with Crippen LogP contribution in [-0.2, 0) is 16.4 Å². The second-order valence-corrected chi connectivity index (χ2v) is 5.87. The zero-order valence-electron chi connectivity index (χ0n) is 10.2. The van der Waals surface area contributed by atoms with Gasteiger partial charge in [-0.3, -0.25) is 4.72 Å². The highest BCUT2D eigenvalue weighted by Crippen LogP contribution is 2.19. The van der Waals surface area contributed by atoms with E-state index in [0.717, 1.165) is 5.56 Å². The normalized spacial score (nSPS) is 11.2. The zero-order valence-corrected chi connectivity index (χ0v) is 11.0. The van der Waals surface area contributed by atoms with Crippen LogP contribution in [0, 0.1) is 0 Å². The van der Waals surface area contributed by atoms with Gasteiger partial charge in [-0.05, 0) is 24.1 Å². The van der Waals surface area contributed by atoms with Gasteiger partial charge in [0.05, 0.1) is 5.75 Å². The topological polar surface area (TPSA) is 79.3 Å². The fraction of sp³-hybridized carbons (Fsp3) is 0.154. The molecule has 0 atom stereocenters. The van der Waals surface area contributed by atoms with Gasteiger partial charge in [-0.1, -0.05) is 30.3 Å². The first-order chi connectivity index (χ1) is 9.07. The van der Waals surface area contributed by atoms with Gasteiger partial charge in [0, 0.05) is 6.20 Å². The maximum Gasteiger partial charge on any atom is 0.234 e. The Bertz CT molecular complexity index is 642. The van der Waals surface area contributed by atoms with Crippen molar-refractivity contribution >= 4 is 15.8 Å². The molecule has 2 rings (SSSR count). The smallest absolute Gasteiger partial charge is 0.234 e. The fourth-order valence-corrected chi connectivity index (χ4v) is 2.63. The van der Waals surface area contributed by atoms with Crippen molar-refractivity contribution in [2.24, 2.45) is 0 Å². The van der Waals surface area contributed by atoms with E-state index in [1.54, 1.807) is 0 Å². The Hall–Kier alpha value is -2.08. The summed E-state index contributed by atoms with van der Waals surface area (Å²) in [5, 5.41) is 9.47. The number of hydrogen-bond acceptors (Lipinski definition) is 4. The van der Waals surface area contributed by atoms with Crippen LogP contribution in [-0.4, -0.2) is 24.3 Å². The molecule has 0 spiro atoms. The van der Waals surface area contributed by atoms with E-state index in [2.05, 4.69) is 9.71 Å². The predicted molar refractivity (Wildman–Crippen MR) is 73.5 cm³/mol. The van der Waals surface area contributed by atoms with E-state index in [4.69, 9.17) is 0 Å². The molecule has 5 nitrogen and oxygen atoms in total. The number of anilines is 1. The summed E-state index contributed by atoms with van der Waals surface area (Å²) in [5.41, 5.74) is 0.943. The standard InChI is InChI=1S/C13H14N2O3S/c16-12-7-4-9-14-13(12)15-19(17,18)10-8-11-5-2-1-3-6-11/h1-7,9,16H,8,10H2,(H,14,15). The molecule has 1 heterocycles. The lowest BCUT2D eigenvalue weighted by molar-refractivity contribution is 0.475. The highest BCUT2D eigenvalue weighted by Gasteiger charge is 2.13. The molecule has 100 valence electrons. The molecule has 0 saturated heterocycles. The number of pyridine rings is 1. The molecule has 0 aliphatic carbocycles. The summed E-state index contributed by atoms with van der Waals surface area (Å²) in [6, 6.07) is 12.2. The minimum absolute atomic E-state index is 0.0458. The van der Waals surface area contributed by atoms with E-state index in [-0.39, 0.29) is 17.3 Å². The van der Waals surface area contributed by atoms with Crippen molar-refractivity contribution in [2.45, 2.75) is 6.42 Å². The number of aryl methyl sites for hydroxylation is 1. The van der Waals surface area contributed by atoms with Crippen LogP contribution in [0.15, 0.2) is 48.7 Å². The SMILES string of the molecule is O=S(=O)(CCc1ccccc1)Nc1ncccc1O. The largest absolute Gasteiger partial charge is 0.504 e. The quantitative estimate of drug-likeness (QED) is 0.873.